The Morgan fingerprint density at radius 1 is 1.18 bits per heavy atom. The third-order valence-electron chi connectivity index (χ3n) is 5.75. The van der Waals surface area contributed by atoms with E-state index in [2.05, 4.69) is 25.7 Å². The lowest BCUT2D eigenvalue weighted by atomic mass is 10.0. The maximum Gasteiger partial charge on any atom is 0.410 e. The summed E-state index contributed by atoms with van der Waals surface area (Å²) < 4.78 is 1.42. The molecule has 38 heavy (non-hydrogen) atoms. The lowest BCUT2D eigenvalue weighted by molar-refractivity contribution is 0.0949. The molecule has 0 aliphatic carbocycles. The van der Waals surface area contributed by atoms with Gasteiger partial charge in [-0.3, -0.25) is 24.6 Å². The Balaban J connectivity index is 1.56. The Bertz CT molecular complexity index is 1630. The van der Waals surface area contributed by atoms with Crippen molar-refractivity contribution in [3.63, 3.8) is 0 Å². The summed E-state index contributed by atoms with van der Waals surface area (Å²) in [6, 6.07) is 8.50. The molecule has 0 unspecified atom stereocenters. The van der Waals surface area contributed by atoms with E-state index in [0.717, 1.165) is 5.56 Å². The molecule has 5 N–H and O–H groups in total. The van der Waals surface area contributed by atoms with Crippen LogP contribution in [0.1, 0.15) is 48.8 Å². The monoisotopic (exact) mass is 532 g/mol. The Hall–Kier alpha value is -5.02. The molecule has 1 aromatic carbocycles. The van der Waals surface area contributed by atoms with Crippen LogP contribution in [0, 0.1) is 25.2 Å². The number of hydrogen-bond acceptors (Lipinski definition) is 7. The van der Waals surface area contributed by atoms with Gasteiger partial charge in [-0.25, -0.2) is 9.78 Å². The van der Waals surface area contributed by atoms with Crippen LogP contribution in [0.3, 0.4) is 0 Å². The standard InChI is InChI=1S/C25H21ClN8O4/c1-12-3-21(32-25(37)38)31-13(2)18(12)9-30-24(36)19-11-34(33-20(19)7-27)10-14-4-15-6-16(26)8-29-22(15)17(5-14)23(28)35/h3-6,8,11H,9-10H2,1-2H3,(H2,28,35)(H,30,36)(H,31,32)(H,37,38). The molecule has 0 bridgehead atoms. The molecule has 0 atom stereocenters. The highest BCUT2D eigenvalue weighted by Gasteiger charge is 2.19. The van der Waals surface area contributed by atoms with E-state index in [0.29, 0.717) is 32.7 Å². The third kappa shape index (κ3) is 5.53. The van der Waals surface area contributed by atoms with Gasteiger partial charge in [0, 0.05) is 30.0 Å². The number of nitrogens with two attached hydrogens (primary N) is 1. The number of amides is 3. The van der Waals surface area contributed by atoms with Gasteiger partial charge >= 0.3 is 6.09 Å². The molecule has 0 spiro atoms. The minimum absolute atomic E-state index is 0.0700. The van der Waals surface area contributed by atoms with E-state index in [9.17, 15) is 19.6 Å². The maximum atomic E-state index is 12.9. The number of pyridine rings is 2. The minimum Gasteiger partial charge on any atom is -0.465 e. The van der Waals surface area contributed by atoms with Crippen LogP contribution in [0.25, 0.3) is 10.9 Å². The molecule has 0 aliphatic heterocycles. The van der Waals surface area contributed by atoms with Crippen LogP contribution in [-0.4, -0.2) is 42.8 Å². The highest BCUT2D eigenvalue weighted by molar-refractivity contribution is 6.31. The molecular formula is C25H21ClN8O4. The average Bonchev–Trinajstić information content (AvgIpc) is 3.25. The molecule has 0 radical (unpaired) electrons. The Kier molecular flexibility index (Phi) is 7.22. The zero-order chi connectivity index (χ0) is 27.6. The molecule has 4 aromatic rings. The first-order valence-electron chi connectivity index (χ1n) is 11.2. The van der Waals surface area contributed by atoms with E-state index < -0.39 is 17.9 Å². The number of nitrogens with zero attached hydrogens (tertiary/aromatic N) is 5. The number of primary amides is 1. The van der Waals surface area contributed by atoms with Gasteiger partial charge in [-0.1, -0.05) is 11.6 Å². The molecule has 0 saturated carbocycles. The number of aryl methyl sites for hydroxylation is 2. The molecule has 0 saturated heterocycles. The van der Waals surface area contributed by atoms with E-state index in [1.807, 2.05) is 6.07 Å². The second-order valence-electron chi connectivity index (χ2n) is 8.43. The Morgan fingerprint density at radius 2 is 1.95 bits per heavy atom. The van der Waals surface area contributed by atoms with Gasteiger partial charge in [-0.05, 0) is 54.8 Å². The Labute approximate surface area is 221 Å². The van der Waals surface area contributed by atoms with Crippen molar-refractivity contribution in [2.24, 2.45) is 5.73 Å². The van der Waals surface area contributed by atoms with Crippen LogP contribution < -0.4 is 16.4 Å². The summed E-state index contributed by atoms with van der Waals surface area (Å²) in [6.45, 7) is 3.72. The zero-order valence-electron chi connectivity index (χ0n) is 20.2. The van der Waals surface area contributed by atoms with Crippen LogP contribution in [0.5, 0.6) is 0 Å². The van der Waals surface area contributed by atoms with Crippen molar-refractivity contribution >= 4 is 46.2 Å². The topological polar surface area (TPSA) is 189 Å². The normalized spacial score (nSPS) is 10.7. The number of hydrogen-bond donors (Lipinski definition) is 4. The quantitative estimate of drug-likeness (QED) is 0.279. The first-order chi connectivity index (χ1) is 18.0. The predicted octanol–water partition coefficient (Wildman–Crippen LogP) is 3.14. The van der Waals surface area contributed by atoms with Gasteiger partial charge in [-0.2, -0.15) is 10.4 Å². The third-order valence-corrected chi connectivity index (χ3v) is 5.95. The molecule has 3 amide bonds. The number of anilines is 1. The molecule has 13 heteroatoms. The van der Waals surface area contributed by atoms with Gasteiger partial charge < -0.3 is 16.2 Å². The number of carboxylic acid groups (broad SMARTS) is 1. The summed E-state index contributed by atoms with van der Waals surface area (Å²) in [5.74, 6) is -0.995. The average molecular weight is 533 g/mol. The summed E-state index contributed by atoms with van der Waals surface area (Å²) in [6.07, 6.45) is 1.64. The van der Waals surface area contributed by atoms with Gasteiger partial charge in [0.15, 0.2) is 5.69 Å². The molecule has 4 rings (SSSR count). The first-order valence-corrected chi connectivity index (χ1v) is 11.5. The van der Waals surface area contributed by atoms with Crippen LogP contribution in [0.4, 0.5) is 10.6 Å². The number of carbonyl (C=O) groups excluding carboxylic acids is 2. The van der Waals surface area contributed by atoms with Crippen LogP contribution in [-0.2, 0) is 13.1 Å². The van der Waals surface area contributed by atoms with Gasteiger partial charge in [0.2, 0.25) is 0 Å². The summed E-state index contributed by atoms with van der Waals surface area (Å²) in [5, 5.41) is 28.6. The smallest absolute Gasteiger partial charge is 0.410 e. The number of fused-ring (bicyclic) bond motifs is 1. The SMILES string of the molecule is Cc1cc(NC(=O)O)nc(C)c1CNC(=O)c1cn(Cc2cc(C(N)=O)c3ncc(Cl)cc3c2)nc1C#N. The molecule has 3 heterocycles. The van der Waals surface area contributed by atoms with E-state index in [1.54, 1.807) is 38.1 Å². The number of rotatable bonds is 7. The van der Waals surface area contributed by atoms with Crippen molar-refractivity contribution < 1.29 is 19.5 Å². The second kappa shape index (κ2) is 10.5. The van der Waals surface area contributed by atoms with E-state index in [4.69, 9.17) is 22.4 Å². The highest BCUT2D eigenvalue weighted by atomic mass is 35.5. The fourth-order valence-electron chi connectivity index (χ4n) is 4.07. The molecule has 192 valence electrons. The van der Waals surface area contributed by atoms with E-state index in [1.165, 1.54) is 17.1 Å². The predicted molar refractivity (Wildman–Crippen MR) is 138 cm³/mol. The largest absolute Gasteiger partial charge is 0.465 e. The lowest BCUT2D eigenvalue weighted by Crippen LogP contribution is -2.24. The fourth-order valence-corrected chi connectivity index (χ4v) is 4.23. The summed E-state index contributed by atoms with van der Waals surface area (Å²) >= 11 is 6.05. The minimum atomic E-state index is -1.23. The van der Waals surface area contributed by atoms with Gasteiger partial charge in [-0.15, -0.1) is 0 Å². The number of nitrogens with one attached hydrogen (secondary N) is 2. The zero-order valence-corrected chi connectivity index (χ0v) is 21.0. The Morgan fingerprint density at radius 3 is 2.61 bits per heavy atom. The fraction of sp³-hybridized carbons (Fsp3) is 0.160. The number of benzene rings is 1. The molecular weight excluding hydrogens is 512 g/mol. The van der Waals surface area contributed by atoms with Gasteiger partial charge in [0.1, 0.15) is 11.9 Å². The molecule has 0 aliphatic rings. The van der Waals surface area contributed by atoms with E-state index >= 15 is 0 Å². The van der Waals surface area contributed by atoms with E-state index in [-0.39, 0.29) is 35.7 Å². The van der Waals surface area contributed by atoms with Crippen molar-refractivity contribution in [2.75, 3.05) is 5.32 Å². The molecule has 12 nitrogen and oxygen atoms in total. The summed E-state index contributed by atoms with van der Waals surface area (Å²) in [4.78, 5) is 44.2. The molecule has 3 aromatic heterocycles. The number of nitriles is 1. The van der Waals surface area contributed by atoms with Crippen LogP contribution in [0.15, 0.2) is 36.7 Å². The number of halogens is 1. The van der Waals surface area contributed by atoms with Crippen molar-refractivity contribution in [2.45, 2.75) is 26.9 Å². The number of carbonyl (C=O) groups is 3. The van der Waals surface area contributed by atoms with Gasteiger partial charge in [0.25, 0.3) is 11.8 Å². The first kappa shape index (κ1) is 26.1. The van der Waals surface area contributed by atoms with Crippen LogP contribution >= 0.6 is 11.6 Å². The van der Waals surface area contributed by atoms with Crippen molar-refractivity contribution in [1.29, 1.82) is 5.26 Å². The van der Waals surface area contributed by atoms with Crippen LogP contribution in [0.2, 0.25) is 5.02 Å². The lowest BCUT2D eigenvalue weighted by Gasteiger charge is -2.12. The number of aromatic nitrogens is 4. The highest BCUT2D eigenvalue weighted by Crippen LogP contribution is 2.23. The van der Waals surface area contributed by atoms with Crippen molar-refractivity contribution in [1.82, 2.24) is 25.1 Å². The van der Waals surface area contributed by atoms with Crippen molar-refractivity contribution in [3.05, 3.63) is 80.9 Å². The second-order valence-corrected chi connectivity index (χ2v) is 8.87. The molecule has 0 fully saturated rings. The summed E-state index contributed by atoms with van der Waals surface area (Å²) in [5.41, 5.74) is 8.78. The summed E-state index contributed by atoms with van der Waals surface area (Å²) in [7, 11) is 0. The van der Waals surface area contributed by atoms with Crippen molar-refractivity contribution in [3.8, 4) is 6.07 Å². The maximum absolute atomic E-state index is 12.9. The van der Waals surface area contributed by atoms with Gasteiger partial charge in [0.05, 0.1) is 28.2 Å².